The fraction of sp³-hybridized carbons (Fsp3) is 0.200. The number of nitrogens with one attached hydrogen (secondary N) is 1. The van der Waals surface area contributed by atoms with Gasteiger partial charge in [0.15, 0.2) is 0 Å². The standard InChI is InChI=1S/C15H12BrClFNO/c16-10-1-4-15-9(5-10)6-12(20-15)8-19-14-7-11(18)2-3-13(14)17/h1-5,7,12,19H,6,8H2. The van der Waals surface area contributed by atoms with Crippen LogP contribution < -0.4 is 10.1 Å². The Bertz CT molecular complexity index is 650. The lowest BCUT2D eigenvalue weighted by Crippen LogP contribution is -2.24. The molecule has 1 heterocycles. The van der Waals surface area contributed by atoms with E-state index in [-0.39, 0.29) is 11.9 Å². The van der Waals surface area contributed by atoms with E-state index in [1.165, 1.54) is 17.7 Å². The number of ether oxygens (including phenoxy) is 1. The first kappa shape index (κ1) is 13.7. The third-order valence-corrected chi connectivity index (χ3v) is 4.04. The highest BCUT2D eigenvalue weighted by molar-refractivity contribution is 9.10. The lowest BCUT2D eigenvalue weighted by molar-refractivity contribution is 0.246. The van der Waals surface area contributed by atoms with Gasteiger partial charge in [0.1, 0.15) is 17.7 Å². The van der Waals surface area contributed by atoms with Gasteiger partial charge in [0.25, 0.3) is 0 Å². The Morgan fingerprint density at radius 3 is 3.00 bits per heavy atom. The van der Waals surface area contributed by atoms with Crippen LogP contribution in [0.2, 0.25) is 5.02 Å². The van der Waals surface area contributed by atoms with E-state index >= 15 is 0 Å². The van der Waals surface area contributed by atoms with Crippen molar-refractivity contribution in [1.82, 2.24) is 0 Å². The van der Waals surface area contributed by atoms with Gasteiger partial charge in [-0.05, 0) is 42.0 Å². The lowest BCUT2D eigenvalue weighted by atomic mass is 10.1. The maximum absolute atomic E-state index is 13.2. The summed E-state index contributed by atoms with van der Waals surface area (Å²) in [6.45, 7) is 0.579. The minimum absolute atomic E-state index is 0.0265. The molecule has 0 aliphatic carbocycles. The Morgan fingerprint density at radius 1 is 1.30 bits per heavy atom. The van der Waals surface area contributed by atoms with Gasteiger partial charge in [0.2, 0.25) is 0 Å². The van der Waals surface area contributed by atoms with Crippen LogP contribution in [0.25, 0.3) is 0 Å². The third-order valence-electron chi connectivity index (χ3n) is 3.21. The molecule has 0 radical (unpaired) electrons. The number of benzene rings is 2. The van der Waals surface area contributed by atoms with Gasteiger partial charge in [-0.2, -0.15) is 0 Å². The van der Waals surface area contributed by atoms with Crippen LogP contribution in [0, 0.1) is 5.82 Å². The molecule has 1 aliphatic heterocycles. The van der Waals surface area contributed by atoms with Crippen molar-refractivity contribution >= 4 is 33.2 Å². The molecular formula is C15H12BrClFNO. The van der Waals surface area contributed by atoms with E-state index in [1.807, 2.05) is 12.1 Å². The summed E-state index contributed by atoms with van der Waals surface area (Å²) >= 11 is 9.46. The summed E-state index contributed by atoms with van der Waals surface area (Å²) < 4.78 is 20.0. The lowest BCUT2D eigenvalue weighted by Gasteiger charge is -2.13. The molecule has 1 aliphatic rings. The molecule has 0 saturated carbocycles. The van der Waals surface area contributed by atoms with Crippen molar-refractivity contribution in [3.8, 4) is 5.75 Å². The maximum atomic E-state index is 13.2. The van der Waals surface area contributed by atoms with Gasteiger partial charge in [-0.3, -0.25) is 0 Å². The molecule has 20 heavy (non-hydrogen) atoms. The smallest absolute Gasteiger partial charge is 0.125 e. The minimum Gasteiger partial charge on any atom is -0.488 e. The monoisotopic (exact) mass is 355 g/mol. The molecule has 0 fully saturated rings. The number of fused-ring (bicyclic) bond motifs is 1. The number of anilines is 1. The van der Waals surface area contributed by atoms with Crippen molar-refractivity contribution in [2.45, 2.75) is 12.5 Å². The molecule has 0 aromatic heterocycles. The molecule has 0 bridgehead atoms. The van der Waals surface area contributed by atoms with Crippen molar-refractivity contribution in [1.29, 1.82) is 0 Å². The molecule has 1 N–H and O–H groups in total. The maximum Gasteiger partial charge on any atom is 0.125 e. The molecule has 2 aromatic carbocycles. The zero-order chi connectivity index (χ0) is 14.1. The second-order valence-corrected chi connectivity index (χ2v) is 6.02. The zero-order valence-electron chi connectivity index (χ0n) is 10.5. The van der Waals surface area contributed by atoms with Crippen molar-refractivity contribution in [2.75, 3.05) is 11.9 Å². The number of hydrogen-bond acceptors (Lipinski definition) is 2. The second-order valence-electron chi connectivity index (χ2n) is 4.70. The topological polar surface area (TPSA) is 21.3 Å². The molecule has 104 valence electrons. The average Bonchev–Trinajstić information content (AvgIpc) is 2.81. The van der Waals surface area contributed by atoms with E-state index in [2.05, 4.69) is 27.3 Å². The molecule has 0 saturated heterocycles. The first-order valence-corrected chi connectivity index (χ1v) is 7.43. The quantitative estimate of drug-likeness (QED) is 0.864. The van der Waals surface area contributed by atoms with E-state index in [1.54, 1.807) is 6.07 Å². The predicted molar refractivity (Wildman–Crippen MR) is 82.2 cm³/mol. The van der Waals surface area contributed by atoms with Gasteiger partial charge >= 0.3 is 0 Å². The number of hydrogen-bond donors (Lipinski definition) is 1. The molecule has 0 spiro atoms. The Kier molecular flexibility index (Phi) is 3.85. The van der Waals surface area contributed by atoms with Crippen LogP contribution in [-0.2, 0) is 6.42 Å². The normalized spacial score (nSPS) is 16.6. The van der Waals surface area contributed by atoms with Crippen LogP contribution in [-0.4, -0.2) is 12.6 Å². The fourth-order valence-electron chi connectivity index (χ4n) is 2.26. The summed E-state index contributed by atoms with van der Waals surface area (Å²) in [5, 5.41) is 3.64. The molecule has 1 atom stereocenters. The van der Waals surface area contributed by atoms with Gasteiger partial charge in [0.05, 0.1) is 17.3 Å². The SMILES string of the molecule is Fc1ccc(Cl)c(NCC2Cc3cc(Br)ccc3O2)c1. The molecule has 0 amide bonds. The predicted octanol–water partition coefficient (Wildman–Crippen LogP) is 4.66. The highest BCUT2D eigenvalue weighted by atomic mass is 79.9. The molecule has 3 rings (SSSR count). The zero-order valence-corrected chi connectivity index (χ0v) is 12.8. The highest BCUT2D eigenvalue weighted by Gasteiger charge is 2.22. The Balaban J connectivity index is 1.65. The summed E-state index contributed by atoms with van der Waals surface area (Å²) in [6.07, 6.45) is 0.855. The van der Waals surface area contributed by atoms with Gasteiger partial charge in [-0.1, -0.05) is 27.5 Å². The first-order valence-electron chi connectivity index (χ1n) is 6.26. The van der Waals surface area contributed by atoms with Crippen LogP contribution >= 0.6 is 27.5 Å². The van der Waals surface area contributed by atoms with E-state index in [4.69, 9.17) is 16.3 Å². The van der Waals surface area contributed by atoms with Crippen molar-refractivity contribution in [3.05, 3.63) is 57.3 Å². The van der Waals surface area contributed by atoms with Crippen molar-refractivity contribution < 1.29 is 9.13 Å². The van der Waals surface area contributed by atoms with Crippen molar-refractivity contribution in [3.63, 3.8) is 0 Å². The van der Waals surface area contributed by atoms with Crippen LogP contribution in [0.5, 0.6) is 5.75 Å². The van der Waals surface area contributed by atoms with Crippen LogP contribution in [0.1, 0.15) is 5.56 Å². The summed E-state index contributed by atoms with van der Waals surface area (Å²) in [4.78, 5) is 0. The van der Waals surface area contributed by atoms with E-state index in [0.29, 0.717) is 17.3 Å². The molecule has 1 unspecified atom stereocenters. The third kappa shape index (κ3) is 2.91. The fourth-order valence-corrected chi connectivity index (χ4v) is 2.85. The highest BCUT2D eigenvalue weighted by Crippen LogP contribution is 2.31. The minimum atomic E-state index is -0.309. The summed E-state index contributed by atoms with van der Waals surface area (Å²) in [5.74, 6) is 0.599. The number of halogens is 3. The Labute approximate surface area is 130 Å². The van der Waals surface area contributed by atoms with Crippen LogP contribution in [0.4, 0.5) is 10.1 Å². The van der Waals surface area contributed by atoms with E-state index < -0.39 is 0 Å². The van der Waals surface area contributed by atoms with Gasteiger partial charge in [-0.15, -0.1) is 0 Å². The van der Waals surface area contributed by atoms with Crippen LogP contribution in [0.15, 0.2) is 40.9 Å². The average molecular weight is 357 g/mol. The van der Waals surface area contributed by atoms with Gasteiger partial charge in [0, 0.05) is 10.9 Å². The largest absolute Gasteiger partial charge is 0.488 e. The van der Waals surface area contributed by atoms with Gasteiger partial charge in [-0.25, -0.2) is 4.39 Å². The van der Waals surface area contributed by atoms with Gasteiger partial charge < -0.3 is 10.1 Å². The van der Waals surface area contributed by atoms with Crippen LogP contribution in [0.3, 0.4) is 0 Å². The van der Waals surface area contributed by atoms with E-state index in [9.17, 15) is 4.39 Å². The second kappa shape index (κ2) is 5.62. The Morgan fingerprint density at radius 2 is 2.15 bits per heavy atom. The van der Waals surface area contributed by atoms with Crippen molar-refractivity contribution in [2.24, 2.45) is 0 Å². The molecular weight excluding hydrogens is 345 g/mol. The summed E-state index contributed by atoms with van der Waals surface area (Å²) in [5.41, 5.74) is 1.77. The molecule has 2 nitrogen and oxygen atoms in total. The first-order chi connectivity index (χ1) is 9.61. The molecule has 5 heteroatoms. The summed E-state index contributed by atoms with van der Waals surface area (Å²) in [6, 6.07) is 10.2. The Hall–Kier alpha value is -1.26. The molecule has 2 aromatic rings. The van der Waals surface area contributed by atoms with E-state index in [0.717, 1.165) is 16.6 Å². The number of rotatable bonds is 3. The summed E-state index contributed by atoms with van der Waals surface area (Å²) in [7, 11) is 0.